The number of hydrogen-bond acceptors (Lipinski definition) is 4. The van der Waals surface area contributed by atoms with Crippen LogP contribution in [0.5, 0.6) is 11.5 Å². The maximum atomic E-state index is 9.95. The van der Waals surface area contributed by atoms with E-state index in [0.29, 0.717) is 12.8 Å². The molecule has 1 N–H and O–H groups in total. The predicted molar refractivity (Wildman–Crippen MR) is 97.3 cm³/mol. The van der Waals surface area contributed by atoms with Crippen molar-refractivity contribution in [3.05, 3.63) is 58.8 Å². The van der Waals surface area contributed by atoms with Gasteiger partial charge in [0.05, 0.1) is 5.52 Å². The lowest BCUT2D eigenvalue weighted by Crippen LogP contribution is -2.39. The van der Waals surface area contributed by atoms with Crippen LogP contribution in [0.25, 0.3) is 10.9 Å². The lowest BCUT2D eigenvalue weighted by molar-refractivity contribution is 0.146. The molecule has 5 heteroatoms. The van der Waals surface area contributed by atoms with Crippen LogP contribution in [0, 0.1) is 0 Å². The number of fused-ring (bicyclic) bond motifs is 7. The van der Waals surface area contributed by atoms with Gasteiger partial charge < -0.3 is 19.1 Å². The highest BCUT2D eigenvalue weighted by atomic mass is 16.7. The molecule has 0 saturated heterocycles. The van der Waals surface area contributed by atoms with Crippen molar-refractivity contribution in [3.63, 3.8) is 0 Å². The molecule has 0 saturated carbocycles. The fraction of sp³-hybridized carbons (Fsp3) is 0.333. The molecule has 0 spiro atoms. The van der Waals surface area contributed by atoms with Gasteiger partial charge >= 0.3 is 0 Å². The van der Waals surface area contributed by atoms with Crippen molar-refractivity contribution in [3.8, 4) is 11.5 Å². The fourth-order valence-electron chi connectivity index (χ4n) is 4.96. The third-order valence-corrected chi connectivity index (χ3v) is 6.19. The topological polar surface area (TPSA) is 46.9 Å². The molecule has 3 aliphatic heterocycles. The molecular weight excluding hydrogens is 328 g/mol. The number of aliphatic hydroxyl groups is 1. The number of nitrogens with zero attached hydrogens (tertiary/aromatic N) is 2. The van der Waals surface area contributed by atoms with Crippen LogP contribution in [0.4, 0.5) is 0 Å². The highest BCUT2D eigenvalue weighted by Crippen LogP contribution is 2.45. The van der Waals surface area contributed by atoms with Gasteiger partial charge in [-0.05, 0) is 47.7 Å². The van der Waals surface area contributed by atoms with Crippen molar-refractivity contribution in [2.45, 2.75) is 32.2 Å². The highest BCUT2D eigenvalue weighted by Gasteiger charge is 2.36. The largest absolute Gasteiger partial charge is 0.454 e. The van der Waals surface area contributed by atoms with E-state index in [1.165, 1.54) is 27.8 Å². The summed E-state index contributed by atoms with van der Waals surface area (Å²) in [5.74, 6) is 1.75. The Kier molecular flexibility index (Phi) is 2.96. The summed E-state index contributed by atoms with van der Waals surface area (Å²) in [4.78, 5) is 2.54. The zero-order valence-corrected chi connectivity index (χ0v) is 14.4. The Morgan fingerprint density at radius 3 is 2.85 bits per heavy atom. The van der Waals surface area contributed by atoms with Crippen molar-refractivity contribution in [2.75, 3.05) is 13.3 Å². The third kappa shape index (κ3) is 1.87. The molecule has 1 atom stereocenters. The molecule has 1 unspecified atom stereocenters. The molecule has 0 bridgehead atoms. The van der Waals surface area contributed by atoms with Crippen LogP contribution < -0.4 is 9.47 Å². The second-order valence-electron chi connectivity index (χ2n) is 7.36. The van der Waals surface area contributed by atoms with Crippen LogP contribution in [0.3, 0.4) is 0 Å². The summed E-state index contributed by atoms with van der Waals surface area (Å²) in [6, 6.07) is 13.1. The van der Waals surface area contributed by atoms with Gasteiger partial charge in [0.2, 0.25) is 6.79 Å². The minimum absolute atomic E-state index is 0.0314. The van der Waals surface area contributed by atoms with E-state index in [1.807, 2.05) is 6.07 Å². The predicted octanol–water partition coefficient (Wildman–Crippen LogP) is 2.98. The van der Waals surface area contributed by atoms with Crippen LogP contribution in [0.15, 0.2) is 36.4 Å². The number of ether oxygens (including phenoxy) is 2. The van der Waals surface area contributed by atoms with Crippen LogP contribution >= 0.6 is 0 Å². The molecule has 3 aromatic rings. The highest BCUT2D eigenvalue weighted by molar-refractivity contribution is 5.86. The van der Waals surface area contributed by atoms with Crippen molar-refractivity contribution in [1.29, 1.82) is 0 Å². The van der Waals surface area contributed by atoms with Crippen molar-refractivity contribution in [2.24, 2.45) is 0 Å². The van der Waals surface area contributed by atoms with Gasteiger partial charge in [0.1, 0.15) is 6.73 Å². The molecule has 5 nitrogen and oxygen atoms in total. The van der Waals surface area contributed by atoms with E-state index in [1.54, 1.807) is 0 Å². The van der Waals surface area contributed by atoms with Gasteiger partial charge in [0, 0.05) is 30.2 Å². The first kappa shape index (κ1) is 14.6. The van der Waals surface area contributed by atoms with Gasteiger partial charge in [0.25, 0.3) is 0 Å². The van der Waals surface area contributed by atoms with Crippen LogP contribution in [-0.2, 0) is 26.1 Å². The molecule has 2 aromatic carbocycles. The maximum absolute atomic E-state index is 9.95. The third-order valence-electron chi connectivity index (χ3n) is 6.19. The van der Waals surface area contributed by atoms with Gasteiger partial charge in [-0.25, -0.2) is 0 Å². The van der Waals surface area contributed by atoms with Gasteiger partial charge in [-0.2, -0.15) is 0 Å². The Morgan fingerprint density at radius 2 is 1.96 bits per heavy atom. The summed E-state index contributed by atoms with van der Waals surface area (Å²) < 4.78 is 13.3. The first-order chi connectivity index (χ1) is 12.8. The Balaban J connectivity index is 1.51. The molecule has 6 rings (SSSR count). The lowest BCUT2D eigenvalue weighted by atomic mass is 9.85. The molecule has 0 radical (unpaired) electrons. The van der Waals surface area contributed by atoms with Crippen LogP contribution in [-0.4, -0.2) is 27.9 Å². The summed E-state index contributed by atoms with van der Waals surface area (Å²) in [6.45, 7) is 2.26. The first-order valence-corrected chi connectivity index (χ1v) is 9.20. The van der Waals surface area contributed by atoms with E-state index in [2.05, 4.69) is 39.8 Å². The second-order valence-corrected chi connectivity index (χ2v) is 7.36. The SMILES string of the molecule is OCn1c2c(c3ccccc31)CC1c3cc4c(cc3CCN1C2)OCO4. The normalized spacial score (nSPS) is 20.7. The van der Waals surface area contributed by atoms with Crippen molar-refractivity contribution in [1.82, 2.24) is 9.47 Å². The average Bonchev–Trinajstić information content (AvgIpc) is 3.26. The zero-order chi connectivity index (χ0) is 17.3. The van der Waals surface area contributed by atoms with Crippen molar-refractivity contribution < 1.29 is 14.6 Å². The Bertz CT molecular complexity index is 1040. The second kappa shape index (κ2) is 5.25. The standard InChI is InChI=1S/C21H20N2O3/c24-11-23-17-4-2-1-3-14(17)16-8-18-15-9-21-20(25-12-26-21)7-13(15)5-6-22(18)10-19(16)23/h1-4,7,9,18,24H,5-6,8,10-12H2. The van der Waals surface area contributed by atoms with Crippen LogP contribution in [0.2, 0.25) is 0 Å². The number of para-hydroxylation sites is 1. The number of benzene rings is 2. The van der Waals surface area contributed by atoms with E-state index in [9.17, 15) is 5.11 Å². The van der Waals surface area contributed by atoms with E-state index in [-0.39, 0.29) is 6.73 Å². The van der Waals surface area contributed by atoms with E-state index in [0.717, 1.165) is 42.9 Å². The van der Waals surface area contributed by atoms with E-state index >= 15 is 0 Å². The first-order valence-electron chi connectivity index (χ1n) is 9.20. The number of hydrogen-bond donors (Lipinski definition) is 1. The molecule has 4 heterocycles. The van der Waals surface area contributed by atoms with Gasteiger partial charge in [0.15, 0.2) is 11.5 Å². The number of rotatable bonds is 1. The van der Waals surface area contributed by atoms with Crippen molar-refractivity contribution >= 4 is 10.9 Å². The van der Waals surface area contributed by atoms with E-state index < -0.39 is 0 Å². The molecule has 0 fully saturated rings. The summed E-state index contributed by atoms with van der Waals surface area (Å²) in [6.07, 6.45) is 1.99. The number of aliphatic hydroxyl groups excluding tert-OH is 1. The fourth-order valence-corrected chi connectivity index (χ4v) is 4.96. The number of aromatic nitrogens is 1. The zero-order valence-electron chi connectivity index (χ0n) is 14.4. The molecule has 3 aliphatic rings. The monoisotopic (exact) mass is 348 g/mol. The summed E-state index contributed by atoms with van der Waals surface area (Å²) in [7, 11) is 0. The minimum atomic E-state index is 0.0314. The van der Waals surface area contributed by atoms with Gasteiger partial charge in [-0.1, -0.05) is 18.2 Å². The molecule has 1 aromatic heterocycles. The molecular formula is C21H20N2O3. The summed E-state index contributed by atoms with van der Waals surface area (Å²) in [5, 5.41) is 11.2. The Labute approximate surface area is 151 Å². The minimum Gasteiger partial charge on any atom is -0.454 e. The van der Waals surface area contributed by atoms with E-state index in [4.69, 9.17) is 9.47 Å². The smallest absolute Gasteiger partial charge is 0.231 e. The lowest BCUT2D eigenvalue weighted by Gasteiger charge is -2.41. The molecule has 0 aliphatic carbocycles. The van der Waals surface area contributed by atoms with Gasteiger partial charge in [-0.15, -0.1) is 0 Å². The molecule has 0 amide bonds. The van der Waals surface area contributed by atoms with Gasteiger partial charge in [-0.3, -0.25) is 4.90 Å². The maximum Gasteiger partial charge on any atom is 0.231 e. The molecule has 26 heavy (non-hydrogen) atoms. The summed E-state index contributed by atoms with van der Waals surface area (Å²) in [5.41, 5.74) is 6.51. The van der Waals surface area contributed by atoms with Crippen LogP contribution in [0.1, 0.15) is 28.4 Å². The Hall–Kier alpha value is -2.50. The molecule has 132 valence electrons. The summed E-state index contributed by atoms with van der Waals surface area (Å²) >= 11 is 0. The quantitative estimate of drug-likeness (QED) is 0.734. The Morgan fingerprint density at radius 1 is 1.12 bits per heavy atom. The average molecular weight is 348 g/mol.